The van der Waals surface area contributed by atoms with Crippen LogP contribution in [0.5, 0.6) is 0 Å². The van der Waals surface area contributed by atoms with Crippen LogP contribution in [0.2, 0.25) is 0 Å². The van der Waals surface area contributed by atoms with Crippen LogP contribution in [0.3, 0.4) is 0 Å². The maximum absolute atomic E-state index is 12.7. The average molecular weight is 212 g/mol. The second-order valence-electron chi connectivity index (χ2n) is 3.83. The van der Waals surface area contributed by atoms with Crippen molar-refractivity contribution >= 4 is 0 Å². The Hall–Kier alpha value is -0.260. The molecule has 0 saturated heterocycles. The monoisotopic (exact) mass is 212 g/mol. The molecule has 0 spiro atoms. The molecule has 0 saturated carbocycles. The third kappa shape index (κ3) is 4.30. The molecule has 0 aromatic rings. The highest BCUT2D eigenvalue weighted by atomic mass is 19.3. The Labute approximate surface area is 83.0 Å². The van der Waals surface area contributed by atoms with E-state index in [-0.39, 0.29) is 0 Å². The summed E-state index contributed by atoms with van der Waals surface area (Å²) in [4.78, 5) is 0. The van der Waals surface area contributed by atoms with Crippen molar-refractivity contribution in [3.05, 3.63) is 0 Å². The first-order valence-corrected chi connectivity index (χ1v) is 4.39. The molecule has 0 heterocycles. The molecule has 0 fully saturated rings. The van der Waals surface area contributed by atoms with Crippen molar-refractivity contribution in [2.45, 2.75) is 51.6 Å². The molecule has 0 aliphatic heterocycles. The lowest BCUT2D eigenvalue weighted by atomic mass is 10.1. The fourth-order valence-corrected chi connectivity index (χ4v) is 0.972. The summed E-state index contributed by atoms with van der Waals surface area (Å²) in [7, 11) is 1.41. The lowest BCUT2D eigenvalue weighted by Gasteiger charge is -2.32. The van der Waals surface area contributed by atoms with Gasteiger partial charge in [-0.25, -0.2) is 8.78 Å². The average Bonchev–Trinajstić information content (AvgIpc) is 2.00. The van der Waals surface area contributed by atoms with Gasteiger partial charge in [-0.3, -0.25) is 0 Å². The Bertz CT molecular complexity index is 177. The van der Waals surface area contributed by atoms with Crippen LogP contribution in [0.1, 0.15) is 27.7 Å². The van der Waals surface area contributed by atoms with Crippen molar-refractivity contribution in [2.24, 2.45) is 0 Å². The molecule has 0 unspecified atom stereocenters. The Balaban J connectivity index is 4.28. The SMILES string of the molecule is COC(C)(C)O[C@H](C)[C@@H](O)C(C)(F)F. The highest BCUT2D eigenvalue weighted by molar-refractivity contribution is 4.78. The van der Waals surface area contributed by atoms with Crippen molar-refractivity contribution in [2.75, 3.05) is 7.11 Å². The third-order valence-electron chi connectivity index (χ3n) is 1.93. The van der Waals surface area contributed by atoms with Crippen LogP contribution >= 0.6 is 0 Å². The molecule has 0 rings (SSSR count). The zero-order valence-corrected chi connectivity index (χ0v) is 9.17. The fraction of sp³-hybridized carbons (Fsp3) is 1.00. The molecular weight excluding hydrogens is 194 g/mol. The number of hydrogen-bond donors (Lipinski definition) is 1. The Morgan fingerprint density at radius 3 is 1.93 bits per heavy atom. The van der Waals surface area contributed by atoms with Gasteiger partial charge < -0.3 is 14.6 Å². The van der Waals surface area contributed by atoms with Crippen LogP contribution < -0.4 is 0 Å². The third-order valence-corrected chi connectivity index (χ3v) is 1.93. The molecule has 0 amide bonds. The minimum atomic E-state index is -3.18. The maximum atomic E-state index is 12.7. The molecular formula is C9H18F2O3. The standard InChI is InChI=1S/C9H18F2O3/c1-6(7(12)9(4,10)11)14-8(2,3)13-5/h6-7,12H,1-5H3/t6-,7-/m1/s1. The molecule has 14 heavy (non-hydrogen) atoms. The number of rotatable bonds is 5. The van der Waals surface area contributed by atoms with Gasteiger partial charge in [-0.05, 0) is 20.8 Å². The minimum Gasteiger partial charge on any atom is -0.384 e. The van der Waals surface area contributed by atoms with Gasteiger partial charge in [-0.2, -0.15) is 0 Å². The number of ether oxygens (including phenoxy) is 2. The molecule has 1 N–H and O–H groups in total. The van der Waals surface area contributed by atoms with E-state index in [1.165, 1.54) is 14.0 Å². The molecule has 3 nitrogen and oxygen atoms in total. The lowest BCUT2D eigenvalue weighted by Crippen LogP contribution is -2.44. The lowest BCUT2D eigenvalue weighted by molar-refractivity contribution is -0.256. The largest absolute Gasteiger partial charge is 0.384 e. The number of aliphatic hydroxyl groups excluding tert-OH is 1. The van der Waals surface area contributed by atoms with Gasteiger partial charge in [-0.1, -0.05) is 0 Å². The summed E-state index contributed by atoms with van der Waals surface area (Å²) in [5, 5.41) is 9.18. The number of hydrogen-bond acceptors (Lipinski definition) is 3. The minimum absolute atomic E-state index is 0.650. The van der Waals surface area contributed by atoms with Crippen molar-refractivity contribution in [3.8, 4) is 0 Å². The zero-order chi connectivity index (χ0) is 11.6. The summed E-state index contributed by atoms with van der Waals surface area (Å²) < 4.78 is 35.4. The van der Waals surface area contributed by atoms with Gasteiger partial charge in [-0.15, -0.1) is 0 Å². The van der Waals surface area contributed by atoms with E-state index in [1.807, 2.05) is 0 Å². The van der Waals surface area contributed by atoms with E-state index in [0.717, 1.165) is 0 Å². The Morgan fingerprint density at radius 2 is 1.64 bits per heavy atom. The molecule has 0 aromatic carbocycles. The van der Waals surface area contributed by atoms with Gasteiger partial charge >= 0.3 is 0 Å². The first kappa shape index (κ1) is 13.7. The first-order chi connectivity index (χ1) is 6.10. The van der Waals surface area contributed by atoms with Gasteiger partial charge in [0.05, 0.1) is 6.10 Å². The van der Waals surface area contributed by atoms with Crippen molar-refractivity contribution < 1.29 is 23.4 Å². The van der Waals surface area contributed by atoms with Crippen LogP contribution in [-0.4, -0.2) is 36.1 Å². The summed E-state index contributed by atoms with van der Waals surface area (Å²) in [6.45, 7) is 5.20. The highest BCUT2D eigenvalue weighted by Crippen LogP contribution is 2.24. The predicted molar refractivity (Wildman–Crippen MR) is 48.3 cm³/mol. The molecule has 0 aliphatic carbocycles. The predicted octanol–water partition coefficient (Wildman–Crippen LogP) is 1.79. The summed E-state index contributed by atoms with van der Waals surface area (Å²) in [5.41, 5.74) is 0. The van der Waals surface area contributed by atoms with E-state index in [4.69, 9.17) is 9.47 Å². The quantitative estimate of drug-likeness (QED) is 0.706. The molecule has 86 valence electrons. The molecule has 0 radical (unpaired) electrons. The summed E-state index contributed by atoms with van der Waals surface area (Å²) in [6.07, 6.45) is -2.83. The van der Waals surface area contributed by atoms with Gasteiger partial charge in [0.15, 0.2) is 5.79 Å². The van der Waals surface area contributed by atoms with Gasteiger partial charge in [0.2, 0.25) is 0 Å². The summed E-state index contributed by atoms with van der Waals surface area (Å²) >= 11 is 0. The summed E-state index contributed by atoms with van der Waals surface area (Å²) in [5.74, 6) is -4.16. The van der Waals surface area contributed by atoms with E-state index in [9.17, 15) is 13.9 Å². The van der Waals surface area contributed by atoms with E-state index < -0.39 is 23.9 Å². The van der Waals surface area contributed by atoms with Gasteiger partial charge in [0.1, 0.15) is 6.10 Å². The highest BCUT2D eigenvalue weighted by Gasteiger charge is 2.39. The van der Waals surface area contributed by atoms with Crippen LogP contribution in [0.15, 0.2) is 0 Å². The normalized spacial score (nSPS) is 18.0. The van der Waals surface area contributed by atoms with E-state index >= 15 is 0 Å². The Kier molecular flexibility index (Phi) is 4.42. The summed E-state index contributed by atoms with van der Waals surface area (Å²) in [6, 6.07) is 0. The van der Waals surface area contributed by atoms with Crippen molar-refractivity contribution in [3.63, 3.8) is 0 Å². The molecule has 5 heteroatoms. The van der Waals surface area contributed by atoms with Gasteiger partial charge in [0, 0.05) is 14.0 Å². The van der Waals surface area contributed by atoms with Crippen molar-refractivity contribution in [1.82, 2.24) is 0 Å². The number of alkyl halides is 2. The number of methoxy groups -OCH3 is 1. The molecule has 0 aliphatic rings. The van der Waals surface area contributed by atoms with Crippen molar-refractivity contribution in [1.29, 1.82) is 0 Å². The Morgan fingerprint density at radius 1 is 1.21 bits per heavy atom. The van der Waals surface area contributed by atoms with E-state index in [1.54, 1.807) is 13.8 Å². The molecule has 2 atom stereocenters. The maximum Gasteiger partial charge on any atom is 0.273 e. The first-order valence-electron chi connectivity index (χ1n) is 4.39. The van der Waals surface area contributed by atoms with Crippen LogP contribution in [0.4, 0.5) is 8.78 Å². The van der Waals surface area contributed by atoms with E-state index in [0.29, 0.717) is 6.92 Å². The second kappa shape index (κ2) is 4.51. The number of aliphatic hydroxyl groups is 1. The number of halogens is 2. The fourth-order valence-electron chi connectivity index (χ4n) is 0.972. The van der Waals surface area contributed by atoms with Gasteiger partial charge in [0.25, 0.3) is 5.92 Å². The zero-order valence-electron chi connectivity index (χ0n) is 9.17. The van der Waals surface area contributed by atoms with E-state index in [2.05, 4.69) is 0 Å². The van der Waals surface area contributed by atoms with Crippen LogP contribution in [-0.2, 0) is 9.47 Å². The smallest absolute Gasteiger partial charge is 0.273 e. The second-order valence-corrected chi connectivity index (χ2v) is 3.83. The van der Waals surface area contributed by atoms with Crippen LogP contribution in [0.25, 0.3) is 0 Å². The topological polar surface area (TPSA) is 38.7 Å². The van der Waals surface area contributed by atoms with Crippen LogP contribution in [0, 0.1) is 0 Å². The molecule has 0 bridgehead atoms. The molecule has 0 aromatic heterocycles.